The van der Waals surface area contributed by atoms with Crippen LogP contribution in [0.3, 0.4) is 0 Å². The van der Waals surface area contributed by atoms with E-state index in [-0.39, 0.29) is 0 Å². The molecule has 0 saturated heterocycles. The van der Waals surface area contributed by atoms with Gasteiger partial charge < -0.3 is 14.6 Å². The summed E-state index contributed by atoms with van der Waals surface area (Å²) in [5.74, 6) is 1.05. The summed E-state index contributed by atoms with van der Waals surface area (Å²) in [6.07, 6.45) is 4.77. The predicted octanol–water partition coefficient (Wildman–Crippen LogP) is 4.00. The lowest BCUT2D eigenvalue weighted by Crippen LogP contribution is -2.02. The molecule has 0 atom stereocenters. The molecule has 0 unspecified atom stereocenters. The Hall–Kier alpha value is -1.97. The van der Waals surface area contributed by atoms with E-state index in [9.17, 15) is 4.79 Å². The molecule has 1 aromatic carbocycles. The minimum atomic E-state index is -0.970. The molecule has 4 nitrogen and oxygen atoms in total. The molecule has 0 aromatic heterocycles. The molecular formula is C17H24O4. The maximum atomic E-state index is 10.5. The van der Waals surface area contributed by atoms with Gasteiger partial charge in [0, 0.05) is 6.08 Å². The molecule has 0 fully saturated rings. The van der Waals surface area contributed by atoms with E-state index in [4.69, 9.17) is 14.6 Å². The van der Waals surface area contributed by atoms with Crippen LogP contribution in [0.2, 0.25) is 0 Å². The maximum absolute atomic E-state index is 10.5. The highest BCUT2D eigenvalue weighted by atomic mass is 16.5. The Labute approximate surface area is 126 Å². The van der Waals surface area contributed by atoms with Gasteiger partial charge in [-0.25, -0.2) is 4.79 Å². The lowest BCUT2D eigenvalue weighted by Gasteiger charge is -2.13. The van der Waals surface area contributed by atoms with Crippen LogP contribution in [-0.2, 0) is 4.79 Å². The normalized spacial score (nSPS) is 11.0. The second kappa shape index (κ2) is 9.06. The van der Waals surface area contributed by atoms with Crippen molar-refractivity contribution >= 4 is 12.0 Å². The van der Waals surface area contributed by atoms with E-state index >= 15 is 0 Å². The summed E-state index contributed by atoms with van der Waals surface area (Å²) in [7, 11) is 0. The third-order valence-electron chi connectivity index (χ3n) is 2.87. The van der Waals surface area contributed by atoms with Gasteiger partial charge in [0.15, 0.2) is 11.5 Å². The Morgan fingerprint density at radius 3 is 2.67 bits per heavy atom. The molecule has 0 amide bonds. The molecule has 1 aromatic rings. The Morgan fingerprint density at radius 2 is 2.05 bits per heavy atom. The number of hydrogen-bond donors (Lipinski definition) is 1. The molecule has 0 aliphatic rings. The van der Waals surface area contributed by atoms with Gasteiger partial charge in [0.05, 0.1) is 13.2 Å². The highest BCUT2D eigenvalue weighted by Gasteiger charge is 2.06. The standard InChI is InChI=1S/C17H24O4/c1-4-20-16-12-14(8-10-17(18)19)7-9-15(16)21-11-5-6-13(2)3/h7-10,12-13H,4-6,11H2,1-3H3,(H,18,19)/b10-8+. The number of rotatable bonds is 9. The van der Waals surface area contributed by atoms with E-state index in [0.717, 1.165) is 24.5 Å². The van der Waals surface area contributed by atoms with Crippen molar-refractivity contribution in [1.29, 1.82) is 0 Å². The summed E-state index contributed by atoms with van der Waals surface area (Å²) >= 11 is 0. The lowest BCUT2D eigenvalue weighted by atomic mass is 10.1. The summed E-state index contributed by atoms with van der Waals surface area (Å²) in [4.78, 5) is 10.5. The molecule has 0 saturated carbocycles. The molecule has 0 aliphatic carbocycles. The molecular weight excluding hydrogens is 268 g/mol. The second-order valence-corrected chi connectivity index (χ2v) is 5.20. The fourth-order valence-corrected chi connectivity index (χ4v) is 1.86. The summed E-state index contributed by atoms with van der Waals surface area (Å²) < 4.78 is 11.3. The zero-order chi connectivity index (χ0) is 15.7. The zero-order valence-corrected chi connectivity index (χ0v) is 13.0. The number of carbonyl (C=O) groups is 1. The maximum Gasteiger partial charge on any atom is 0.328 e. The predicted molar refractivity (Wildman–Crippen MR) is 83.8 cm³/mol. The van der Waals surface area contributed by atoms with Crippen LogP contribution in [0, 0.1) is 5.92 Å². The van der Waals surface area contributed by atoms with Crippen molar-refractivity contribution in [2.45, 2.75) is 33.6 Å². The van der Waals surface area contributed by atoms with Gasteiger partial charge in [0.1, 0.15) is 0 Å². The molecule has 0 bridgehead atoms. The van der Waals surface area contributed by atoms with E-state index < -0.39 is 5.97 Å². The minimum Gasteiger partial charge on any atom is -0.490 e. The van der Waals surface area contributed by atoms with Crippen molar-refractivity contribution in [2.24, 2.45) is 5.92 Å². The molecule has 1 N–H and O–H groups in total. The van der Waals surface area contributed by atoms with Crippen LogP contribution in [0.25, 0.3) is 6.08 Å². The van der Waals surface area contributed by atoms with Crippen molar-refractivity contribution in [3.8, 4) is 11.5 Å². The number of ether oxygens (including phenoxy) is 2. The molecule has 0 aliphatic heterocycles. The molecule has 21 heavy (non-hydrogen) atoms. The van der Waals surface area contributed by atoms with Gasteiger partial charge in [-0.3, -0.25) is 0 Å². The summed E-state index contributed by atoms with van der Waals surface area (Å²) in [6.45, 7) is 7.48. The van der Waals surface area contributed by atoms with Crippen molar-refractivity contribution in [1.82, 2.24) is 0 Å². The molecule has 1 rings (SSSR count). The summed E-state index contributed by atoms with van der Waals surface area (Å²) in [5.41, 5.74) is 0.774. The van der Waals surface area contributed by atoms with E-state index in [1.807, 2.05) is 19.1 Å². The first-order valence-corrected chi connectivity index (χ1v) is 7.33. The first kappa shape index (κ1) is 17.1. The van der Waals surface area contributed by atoms with Crippen LogP contribution in [0.5, 0.6) is 11.5 Å². The number of aliphatic carboxylic acids is 1. The van der Waals surface area contributed by atoms with Gasteiger partial charge in [-0.1, -0.05) is 19.9 Å². The lowest BCUT2D eigenvalue weighted by molar-refractivity contribution is -0.131. The second-order valence-electron chi connectivity index (χ2n) is 5.20. The van der Waals surface area contributed by atoms with Crippen molar-refractivity contribution in [3.05, 3.63) is 29.8 Å². The topological polar surface area (TPSA) is 55.8 Å². The van der Waals surface area contributed by atoms with Gasteiger partial charge in [0.2, 0.25) is 0 Å². The van der Waals surface area contributed by atoms with E-state index in [1.54, 1.807) is 6.07 Å². The van der Waals surface area contributed by atoms with E-state index in [2.05, 4.69) is 13.8 Å². The van der Waals surface area contributed by atoms with Crippen LogP contribution >= 0.6 is 0 Å². The van der Waals surface area contributed by atoms with Gasteiger partial charge in [-0.15, -0.1) is 0 Å². The highest BCUT2D eigenvalue weighted by molar-refractivity contribution is 5.85. The van der Waals surface area contributed by atoms with Crippen LogP contribution in [0.1, 0.15) is 39.2 Å². The van der Waals surface area contributed by atoms with Gasteiger partial charge in [-0.05, 0) is 49.5 Å². The number of carboxylic acid groups (broad SMARTS) is 1. The fourth-order valence-electron chi connectivity index (χ4n) is 1.86. The number of benzene rings is 1. The van der Waals surface area contributed by atoms with Crippen molar-refractivity contribution in [2.75, 3.05) is 13.2 Å². The number of hydrogen-bond acceptors (Lipinski definition) is 3. The third kappa shape index (κ3) is 6.84. The van der Waals surface area contributed by atoms with Gasteiger partial charge >= 0.3 is 5.97 Å². The monoisotopic (exact) mass is 292 g/mol. The molecule has 116 valence electrons. The van der Waals surface area contributed by atoms with Crippen LogP contribution in [-0.4, -0.2) is 24.3 Å². The Morgan fingerprint density at radius 1 is 1.29 bits per heavy atom. The molecule has 0 heterocycles. The van der Waals surface area contributed by atoms with E-state index in [0.29, 0.717) is 30.6 Å². The zero-order valence-electron chi connectivity index (χ0n) is 13.0. The van der Waals surface area contributed by atoms with Crippen LogP contribution < -0.4 is 9.47 Å². The molecule has 4 heteroatoms. The Balaban J connectivity index is 2.72. The number of carboxylic acids is 1. The third-order valence-corrected chi connectivity index (χ3v) is 2.87. The van der Waals surface area contributed by atoms with Crippen LogP contribution in [0.15, 0.2) is 24.3 Å². The van der Waals surface area contributed by atoms with Gasteiger partial charge in [-0.2, -0.15) is 0 Å². The highest BCUT2D eigenvalue weighted by Crippen LogP contribution is 2.29. The quantitative estimate of drug-likeness (QED) is 0.552. The first-order chi connectivity index (χ1) is 10.0. The average Bonchev–Trinajstić information content (AvgIpc) is 2.43. The molecule has 0 spiro atoms. The summed E-state index contributed by atoms with van der Waals surface area (Å²) in [5, 5.41) is 8.65. The fraction of sp³-hybridized carbons (Fsp3) is 0.471. The smallest absolute Gasteiger partial charge is 0.328 e. The van der Waals surface area contributed by atoms with Crippen LogP contribution in [0.4, 0.5) is 0 Å². The van der Waals surface area contributed by atoms with Crippen molar-refractivity contribution < 1.29 is 19.4 Å². The molecule has 0 radical (unpaired) electrons. The Kier molecular flexibility index (Phi) is 7.37. The average molecular weight is 292 g/mol. The van der Waals surface area contributed by atoms with Crippen molar-refractivity contribution in [3.63, 3.8) is 0 Å². The largest absolute Gasteiger partial charge is 0.490 e. The van der Waals surface area contributed by atoms with Gasteiger partial charge in [0.25, 0.3) is 0 Å². The SMILES string of the molecule is CCOc1cc(/C=C/C(=O)O)ccc1OCCCC(C)C. The minimum absolute atomic E-state index is 0.536. The Bertz CT molecular complexity index is 478. The summed E-state index contributed by atoms with van der Waals surface area (Å²) in [6, 6.07) is 5.43. The first-order valence-electron chi connectivity index (χ1n) is 7.33. The van der Waals surface area contributed by atoms with E-state index in [1.165, 1.54) is 6.08 Å².